The average molecular weight is 425 g/mol. The third kappa shape index (κ3) is 3.64. The van der Waals surface area contributed by atoms with E-state index in [2.05, 4.69) is 5.32 Å². The predicted molar refractivity (Wildman–Crippen MR) is 117 cm³/mol. The van der Waals surface area contributed by atoms with E-state index in [0.29, 0.717) is 34.9 Å². The third-order valence-electron chi connectivity index (χ3n) is 5.47. The maximum atomic E-state index is 12.7. The van der Waals surface area contributed by atoms with Gasteiger partial charge in [-0.2, -0.15) is 0 Å². The number of carbonyl (C=O) groups excluding carboxylic acids is 1. The number of anilines is 1. The van der Waals surface area contributed by atoms with Crippen molar-refractivity contribution in [1.29, 1.82) is 0 Å². The first-order chi connectivity index (χ1) is 14.3. The zero-order valence-corrected chi connectivity index (χ0v) is 17.7. The maximum Gasteiger partial charge on any atom is 0.241 e. The summed E-state index contributed by atoms with van der Waals surface area (Å²) in [6.07, 6.45) is 0. The molecule has 1 aliphatic rings. The number of rotatable bonds is 3. The van der Waals surface area contributed by atoms with E-state index >= 15 is 0 Å². The Morgan fingerprint density at radius 2 is 1.97 bits per heavy atom. The molecule has 0 spiro atoms. The van der Waals surface area contributed by atoms with Crippen molar-refractivity contribution < 1.29 is 13.2 Å². The van der Waals surface area contributed by atoms with E-state index in [0.717, 1.165) is 16.5 Å². The molecular weight excluding hydrogens is 400 g/mol. The maximum absolute atomic E-state index is 12.7. The van der Waals surface area contributed by atoms with E-state index in [-0.39, 0.29) is 11.7 Å². The lowest BCUT2D eigenvalue weighted by atomic mass is 10.00. The molecule has 0 saturated heterocycles. The summed E-state index contributed by atoms with van der Waals surface area (Å²) >= 11 is 0. The number of aryl methyl sites for hydroxylation is 1. The van der Waals surface area contributed by atoms with Gasteiger partial charge < -0.3 is 16.0 Å². The molecule has 8 heteroatoms. The summed E-state index contributed by atoms with van der Waals surface area (Å²) in [5.74, 6) is 0.306. The van der Waals surface area contributed by atoms with Gasteiger partial charge in [0, 0.05) is 25.5 Å². The highest BCUT2D eigenvalue weighted by Gasteiger charge is 2.27. The van der Waals surface area contributed by atoms with Crippen molar-refractivity contribution >= 4 is 32.5 Å². The van der Waals surface area contributed by atoms with Crippen LogP contribution in [0.4, 0.5) is 5.82 Å². The van der Waals surface area contributed by atoms with Crippen LogP contribution >= 0.6 is 0 Å². The van der Waals surface area contributed by atoms with Crippen molar-refractivity contribution in [3.63, 3.8) is 0 Å². The summed E-state index contributed by atoms with van der Waals surface area (Å²) in [5.41, 5.74) is 9.41. The number of nitrogens with zero attached hydrogens (tertiary/aromatic N) is 2. The topological polar surface area (TPSA) is 105 Å². The van der Waals surface area contributed by atoms with Gasteiger partial charge in [-0.25, -0.2) is 13.4 Å². The number of aromatic nitrogens is 1. The molecule has 1 unspecified atom stereocenters. The average Bonchev–Trinajstić information content (AvgIpc) is 2.88. The lowest BCUT2D eigenvalue weighted by molar-refractivity contribution is -0.121. The number of sulfone groups is 1. The number of nitrogens with two attached hydrogens (primary N) is 1. The Morgan fingerprint density at radius 3 is 2.73 bits per heavy atom. The first-order valence-corrected chi connectivity index (χ1v) is 11.4. The van der Waals surface area contributed by atoms with Gasteiger partial charge in [-0.1, -0.05) is 29.8 Å². The summed E-state index contributed by atoms with van der Waals surface area (Å²) in [6, 6.07) is 13.8. The Bertz CT molecular complexity index is 1240. The smallest absolute Gasteiger partial charge is 0.241 e. The van der Waals surface area contributed by atoms with Crippen LogP contribution < -0.4 is 16.0 Å². The van der Waals surface area contributed by atoms with E-state index in [1.54, 1.807) is 19.2 Å². The lowest BCUT2D eigenvalue weighted by Crippen LogP contribution is -2.32. The van der Waals surface area contributed by atoms with Crippen LogP contribution in [0.25, 0.3) is 10.9 Å². The van der Waals surface area contributed by atoms with E-state index in [4.69, 9.17) is 10.7 Å². The molecule has 0 aliphatic carbocycles. The third-order valence-corrected chi connectivity index (χ3v) is 7.26. The van der Waals surface area contributed by atoms with Crippen molar-refractivity contribution in [2.24, 2.45) is 5.73 Å². The summed E-state index contributed by atoms with van der Waals surface area (Å²) < 4.78 is 25.4. The zero-order chi connectivity index (χ0) is 21.5. The molecule has 0 saturated carbocycles. The fourth-order valence-electron chi connectivity index (χ4n) is 3.83. The van der Waals surface area contributed by atoms with Gasteiger partial charge >= 0.3 is 0 Å². The molecule has 2 heterocycles. The van der Waals surface area contributed by atoms with Gasteiger partial charge in [0.25, 0.3) is 0 Å². The Morgan fingerprint density at radius 1 is 1.20 bits per heavy atom. The number of carbonyl (C=O) groups is 1. The first-order valence-electron chi connectivity index (χ1n) is 9.74. The van der Waals surface area contributed by atoms with Crippen LogP contribution in [0.5, 0.6) is 0 Å². The highest BCUT2D eigenvalue weighted by atomic mass is 32.2. The van der Waals surface area contributed by atoms with Crippen LogP contribution in [0.3, 0.4) is 0 Å². The molecule has 7 nitrogen and oxygen atoms in total. The molecule has 1 amide bonds. The van der Waals surface area contributed by atoms with Crippen LogP contribution in [0.15, 0.2) is 53.4 Å². The van der Waals surface area contributed by atoms with Crippen molar-refractivity contribution in [2.45, 2.75) is 24.4 Å². The monoisotopic (exact) mass is 424 g/mol. The molecule has 30 heavy (non-hydrogen) atoms. The number of likely N-dealkylation sites (N-methyl/N-ethyl adjacent to an activating group) is 1. The SMILES string of the molecule is CNC(=O)C(N)c1cc(N2CCS(=O)(=O)c3ccccc3C2)nc2ccc(C)cc12. The molecular formula is C22H24N4O3S. The summed E-state index contributed by atoms with van der Waals surface area (Å²) in [4.78, 5) is 19.4. The number of benzene rings is 2. The van der Waals surface area contributed by atoms with Gasteiger partial charge in [0.1, 0.15) is 11.9 Å². The van der Waals surface area contributed by atoms with Crippen LogP contribution in [0.1, 0.15) is 22.7 Å². The Balaban J connectivity index is 1.85. The van der Waals surface area contributed by atoms with Crippen molar-refractivity contribution in [1.82, 2.24) is 10.3 Å². The molecule has 3 aromatic rings. The fourth-order valence-corrected chi connectivity index (χ4v) is 5.32. The molecule has 0 bridgehead atoms. The number of amides is 1. The van der Waals surface area contributed by atoms with E-state index < -0.39 is 15.9 Å². The predicted octanol–water partition coefficient (Wildman–Crippen LogP) is 2.08. The van der Waals surface area contributed by atoms with Crippen LogP contribution in [0, 0.1) is 6.92 Å². The molecule has 3 N–H and O–H groups in total. The van der Waals surface area contributed by atoms with Crippen LogP contribution in [-0.4, -0.2) is 38.7 Å². The fraction of sp³-hybridized carbons (Fsp3) is 0.273. The second-order valence-electron chi connectivity index (χ2n) is 7.53. The summed E-state index contributed by atoms with van der Waals surface area (Å²) in [6.45, 7) is 2.68. The number of pyridine rings is 1. The quantitative estimate of drug-likeness (QED) is 0.667. The highest BCUT2D eigenvalue weighted by Crippen LogP contribution is 2.31. The minimum Gasteiger partial charge on any atom is -0.358 e. The largest absolute Gasteiger partial charge is 0.358 e. The minimum atomic E-state index is -3.37. The van der Waals surface area contributed by atoms with Gasteiger partial charge in [0.05, 0.1) is 16.2 Å². The van der Waals surface area contributed by atoms with Gasteiger partial charge in [0.2, 0.25) is 5.91 Å². The Hall–Kier alpha value is -2.97. The molecule has 1 atom stereocenters. The summed E-state index contributed by atoms with van der Waals surface area (Å²) in [5, 5.41) is 3.42. The van der Waals surface area contributed by atoms with Gasteiger partial charge in [-0.15, -0.1) is 0 Å². The van der Waals surface area contributed by atoms with Crippen molar-refractivity contribution in [2.75, 3.05) is 24.2 Å². The van der Waals surface area contributed by atoms with Gasteiger partial charge in [-0.3, -0.25) is 4.79 Å². The van der Waals surface area contributed by atoms with Crippen molar-refractivity contribution in [3.8, 4) is 0 Å². The molecule has 4 rings (SSSR count). The van der Waals surface area contributed by atoms with Crippen LogP contribution in [-0.2, 0) is 21.2 Å². The second kappa shape index (κ2) is 7.70. The zero-order valence-electron chi connectivity index (χ0n) is 16.9. The molecule has 0 fully saturated rings. The lowest BCUT2D eigenvalue weighted by Gasteiger charge is -2.24. The Kier molecular flexibility index (Phi) is 5.21. The van der Waals surface area contributed by atoms with E-state index in [1.807, 2.05) is 48.2 Å². The van der Waals surface area contributed by atoms with Crippen LogP contribution in [0.2, 0.25) is 0 Å². The number of nitrogens with one attached hydrogen (secondary N) is 1. The molecule has 1 aromatic heterocycles. The van der Waals surface area contributed by atoms with Crippen molar-refractivity contribution in [3.05, 3.63) is 65.2 Å². The Labute approximate surface area is 175 Å². The van der Waals surface area contributed by atoms with E-state index in [9.17, 15) is 13.2 Å². The molecule has 156 valence electrons. The van der Waals surface area contributed by atoms with Gasteiger partial charge in [0.15, 0.2) is 9.84 Å². The molecule has 1 aliphatic heterocycles. The summed E-state index contributed by atoms with van der Waals surface area (Å²) in [7, 11) is -1.82. The molecule has 0 radical (unpaired) electrons. The normalized spacial score (nSPS) is 16.6. The number of hydrogen-bond acceptors (Lipinski definition) is 6. The number of hydrogen-bond donors (Lipinski definition) is 2. The second-order valence-corrected chi connectivity index (χ2v) is 9.61. The van der Waals surface area contributed by atoms with Gasteiger partial charge in [-0.05, 0) is 42.3 Å². The number of fused-ring (bicyclic) bond motifs is 2. The minimum absolute atomic E-state index is 0.00549. The van der Waals surface area contributed by atoms with E-state index in [1.165, 1.54) is 0 Å². The highest BCUT2D eigenvalue weighted by molar-refractivity contribution is 7.91. The standard InChI is InChI=1S/C22H24N4O3S/c1-14-7-8-18-16(11-14)17(21(23)22(27)24-2)12-20(25-18)26-9-10-30(28,29)19-6-4-3-5-15(19)13-26/h3-8,11-12,21H,9-10,13,23H2,1-2H3,(H,24,27). The first kappa shape index (κ1) is 20.3. The molecule has 2 aromatic carbocycles.